The predicted octanol–water partition coefficient (Wildman–Crippen LogP) is 4.01. The van der Waals surface area contributed by atoms with Crippen molar-refractivity contribution in [3.8, 4) is 6.07 Å². The second-order valence-corrected chi connectivity index (χ2v) is 7.98. The van der Waals surface area contributed by atoms with Gasteiger partial charge in [0.1, 0.15) is 5.67 Å². The molecule has 0 bridgehead atoms. The average molecular weight is 363 g/mol. The molecule has 0 amide bonds. The van der Waals surface area contributed by atoms with Crippen LogP contribution >= 0.6 is 0 Å². The Morgan fingerprint density at radius 2 is 1.78 bits per heavy atom. The number of hydrogen-bond acceptors (Lipinski definition) is 3. The monoisotopic (exact) mass is 363 g/mol. The summed E-state index contributed by atoms with van der Waals surface area (Å²) in [5, 5.41) is 12.3. The summed E-state index contributed by atoms with van der Waals surface area (Å²) in [7, 11) is 0. The second-order valence-electron chi connectivity index (χ2n) is 7.98. The predicted molar refractivity (Wildman–Crippen MR) is 105 cm³/mol. The molecule has 2 fully saturated rings. The van der Waals surface area contributed by atoms with Gasteiger partial charge in [-0.1, -0.05) is 42.5 Å². The molecule has 1 aliphatic heterocycles. The van der Waals surface area contributed by atoms with Crippen LogP contribution in [-0.4, -0.2) is 36.2 Å². The van der Waals surface area contributed by atoms with Gasteiger partial charge in [-0.25, -0.2) is 4.39 Å². The van der Waals surface area contributed by atoms with Crippen molar-refractivity contribution in [2.45, 2.75) is 43.4 Å². The molecule has 4 rings (SSSR count). The Bertz CT molecular complexity index is 789. The van der Waals surface area contributed by atoms with Gasteiger partial charge in [0.25, 0.3) is 0 Å². The number of halogens is 1. The summed E-state index contributed by atoms with van der Waals surface area (Å²) in [6.45, 7) is 2.99. The fraction of sp³-hybridized carbons (Fsp3) is 0.435. The molecule has 0 aromatic heterocycles. The van der Waals surface area contributed by atoms with Gasteiger partial charge < -0.3 is 5.32 Å². The highest BCUT2D eigenvalue weighted by Crippen LogP contribution is 2.41. The van der Waals surface area contributed by atoms with Crippen LogP contribution in [0.25, 0.3) is 0 Å². The number of likely N-dealkylation sites (tertiary alicyclic amines) is 1. The quantitative estimate of drug-likeness (QED) is 0.843. The largest absolute Gasteiger partial charge is 0.310 e. The lowest BCUT2D eigenvalue weighted by Crippen LogP contribution is -2.47. The van der Waals surface area contributed by atoms with Gasteiger partial charge in [0.15, 0.2) is 0 Å². The van der Waals surface area contributed by atoms with Crippen LogP contribution in [0, 0.1) is 11.3 Å². The van der Waals surface area contributed by atoms with E-state index in [1.165, 1.54) is 11.1 Å². The lowest BCUT2D eigenvalue weighted by Gasteiger charge is -2.36. The van der Waals surface area contributed by atoms with Gasteiger partial charge in [-0.15, -0.1) is 0 Å². The normalized spacial score (nSPS) is 24.3. The zero-order valence-corrected chi connectivity index (χ0v) is 15.6. The Balaban J connectivity index is 1.22. The van der Waals surface area contributed by atoms with Crippen molar-refractivity contribution in [1.82, 2.24) is 10.2 Å². The van der Waals surface area contributed by atoms with Crippen LogP contribution in [-0.2, 0) is 6.54 Å². The molecular formula is C23H26FN3. The molecule has 1 heterocycles. The fourth-order valence-electron chi connectivity index (χ4n) is 4.04. The van der Waals surface area contributed by atoms with E-state index in [-0.39, 0.29) is 0 Å². The number of alkyl halides is 1. The molecule has 2 aromatic rings. The van der Waals surface area contributed by atoms with Crippen LogP contribution in [0.3, 0.4) is 0 Å². The molecule has 3 nitrogen and oxygen atoms in total. The summed E-state index contributed by atoms with van der Waals surface area (Å²) in [5.41, 5.74) is 2.14. The fourth-order valence-corrected chi connectivity index (χ4v) is 4.04. The van der Waals surface area contributed by atoms with Crippen LogP contribution in [0.5, 0.6) is 0 Å². The maximum absolute atomic E-state index is 15.2. The number of hydrogen-bond donors (Lipinski definition) is 1. The van der Waals surface area contributed by atoms with Crippen molar-refractivity contribution in [2.24, 2.45) is 0 Å². The Hall–Kier alpha value is -2.22. The van der Waals surface area contributed by atoms with Gasteiger partial charge in [0, 0.05) is 38.1 Å². The van der Waals surface area contributed by atoms with Crippen molar-refractivity contribution in [3.05, 3.63) is 71.3 Å². The SMILES string of the molecule is N#Cc1ccc(C2CC2NCC2(F)CCN(Cc3ccccc3)CC2)cc1. The van der Waals surface area contributed by atoms with Crippen LogP contribution in [0.4, 0.5) is 4.39 Å². The molecule has 0 radical (unpaired) electrons. The van der Waals surface area contributed by atoms with E-state index in [9.17, 15) is 0 Å². The van der Waals surface area contributed by atoms with Gasteiger partial charge in [-0.2, -0.15) is 5.26 Å². The van der Waals surface area contributed by atoms with E-state index >= 15 is 4.39 Å². The number of piperidine rings is 1. The number of benzene rings is 2. The number of nitrogens with one attached hydrogen (secondary N) is 1. The molecule has 0 spiro atoms. The molecule has 27 heavy (non-hydrogen) atoms. The van der Waals surface area contributed by atoms with Crippen molar-refractivity contribution in [2.75, 3.05) is 19.6 Å². The van der Waals surface area contributed by atoms with Gasteiger partial charge in [0.05, 0.1) is 11.6 Å². The van der Waals surface area contributed by atoms with Gasteiger partial charge in [0.2, 0.25) is 0 Å². The third-order valence-corrected chi connectivity index (χ3v) is 5.94. The molecule has 4 heteroatoms. The van der Waals surface area contributed by atoms with Crippen molar-refractivity contribution in [1.29, 1.82) is 5.26 Å². The highest BCUT2D eigenvalue weighted by molar-refractivity contribution is 5.36. The topological polar surface area (TPSA) is 39.1 Å². The molecule has 2 aromatic carbocycles. The summed E-state index contributed by atoms with van der Waals surface area (Å²) in [5.74, 6) is 0.458. The average Bonchev–Trinajstić information content (AvgIpc) is 3.49. The molecule has 1 saturated carbocycles. The van der Waals surface area contributed by atoms with E-state index in [2.05, 4.69) is 40.6 Å². The zero-order valence-electron chi connectivity index (χ0n) is 15.6. The number of nitrogens with zero attached hydrogens (tertiary/aromatic N) is 2. The van der Waals surface area contributed by atoms with E-state index < -0.39 is 5.67 Å². The van der Waals surface area contributed by atoms with E-state index in [1.807, 2.05) is 30.3 Å². The summed E-state index contributed by atoms with van der Waals surface area (Å²) in [6, 6.07) is 20.7. The Morgan fingerprint density at radius 1 is 1.07 bits per heavy atom. The number of rotatable bonds is 6. The molecule has 1 N–H and O–H groups in total. The van der Waals surface area contributed by atoms with Crippen molar-refractivity contribution >= 4 is 0 Å². The first-order valence-electron chi connectivity index (χ1n) is 9.84. The third kappa shape index (κ3) is 4.55. The third-order valence-electron chi connectivity index (χ3n) is 5.94. The smallest absolute Gasteiger partial charge is 0.125 e. The molecule has 140 valence electrons. The highest BCUT2D eigenvalue weighted by atomic mass is 19.1. The van der Waals surface area contributed by atoms with E-state index in [1.54, 1.807) is 0 Å². The highest BCUT2D eigenvalue weighted by Gasteiger charge is 2.41. The van der Waals surface area contributed by atoms with Crippen LogP contribution in [0.15, 0.2) is 54.6 Å². The van der Waals surface area contributed by atoms with Gasteiger partial charge in [-0.05, 0) is 42.5 Å². The van der Waals surface area contributed by atoms with Gasteiger partial charge >= 0.3 is 0 Å². The zero-order chi connectivity index (χ0) is 18.7. The minimum absolute atomic E-state index is 0.368. The van der Waals surface area contributed by atoms with Crippen LogP contribution < -0.4 is 5.32 Å². The minimum Gasteiger partial charge on any atom is -0.310 e. The molecule has 2 atom stereocenters. The van der Waals surface area contributed by atoms with Crippen molar-refractivity contribution in [3.63, 3.8) is 0 Å². The summed E-state index contributed by atoms with van der Waals surface area (Å²) in [4.78, 5) is 2.35. The van der Waals surface area contributed by atoms with Crippen LogP contribution in [0.2, 0.25) is 0 Å². The molecule has 2 unspecified atom stereocenters. The Labute approximate surface area is 160 Å². The standard InChI is InChI=1S/C23H26FN3/c24-23(10-12-27(13-11-23)16-19-4-2-1-3-5-19)17-26-22-14-21(22)20-8-6-18(15-25)7-9-20/h1-9,21-22,26H,10-14,16-17H2. The summed E-state index contributed by atoms with van der Waals surface area (Å²) in [6.07, 6.45) is 2.25. The van der Waals surface area contributed by atoms with Crippen molar-refractivity contribution < 1.29 is 4.39 Å². The molecular weight excluding hydrogens is 337 g/mol. The molecule has 1 saturated heterocycles. The Kier molecular flexibility index (Phi) is 5.24. The lowest BCUT2D eigenvalue weighted by molar-refractivity contribution is 0.0544. The summed E-state index contributed by atoms with van der Waals surface area (Å²) >= 11 is 0. The van der Waals surface area contributed by atoms with Gasteiger partial charge in [-0.3, -0.25) is 4.90 Å². The molecule has 1 aliphatic carbocycles. The minimum atomic E-state index is -1.09. The van der Waals surface area contributed by atoms with E-state index in [0.717, 1.165) is 26.1 Å². The maximum Gasteiger partial charge on any atom is 0.125 e. The van der Waals surface area contributed by atoms with E-state index in [4.69, 9.17) is 5.26 Å². The lowest BCUT2D eigenvalue weighted by atomic mass is 9.93. The first-order valence-corrected chi connectivity index (χ1v) is 9.84. The number of nitriles is 1. The first kappa shape index (κ1) is 18.2. The second kappa shape index (κ2) is 7.80. The maximum atomic E-state index is 15.2. The molecule has 2 aliphatic rings. The Morgan fingerprint density at radius 3 is 2.44 bits per heavy atom. The van der Waals surface area contributed by atoms with E-state index in [0.29, 0.717) is 36.9 Å². The van der Waals surface area contributed by atoms with Crippen LogP contribution in [0.1, 0.15) is 41.9 Å². The first-order chi connectivity index (χ1) is 13.1. The summed E-state index contributed by atoms with van der Waals surface area (Å²) < 4.78 is 15.2.